The normalized spacial score (nSPS) is 17.1. The number of amides is 1. The fourth-order valence-electron chi connectivity index (χ4n) is 3.77. The van der Waals surface area contributed by atoms with Crippen molar-refractivity contribution in [2.24, 2.45) is 0 Å². The number of hydrogen-bond acceptors (Lipinski definition) is 4. The Labute approximate surface area is 193 Å². The molecule has 0 aliphatic carbocycles. The molecule has 0 radical (unpaired) electrons. The highest BCUT2D eigenvalue weighted by molar-refractivity contribution is 7.14. The zero-order chi connectivity index (χ0) is 24.7. The molecule has 0 saturated carbocycles. The van der Waals surface area contributed by atoms with Gasteiger partial charge in [0.05, 0.1) is 11.1 Å². The van der Waals surface area contributed by atoms with Crippen molar-refractivity contribution in [3.8, 4) is 10.6 Å². The lowest BCUT2D eigenvalue weighted by Gasteiger charge is -2.32. The maximum Gasteiger partial charge on any atom is 0.416 e. The van der Waals surface area contributed by atoms with E-state index < -0.39 is 40.8 Å². The van der Waals surface area contributed by atoms with E-state index in [4.69, 9.17) is 0 Å². The van der Waals surface area contributed by atoms with Gasteiger partial charge < -0.3 is 4.90 Å². The third-order valence-corrected chi connectivity index (χ3v) is 6.56. The summed E-state index contributed by atoms with van der Waals surface area (Å²) in [7, 11) is 0. The maximum atomic E-state index is 14.0. The number of likely N-dealkylation sites (tertiary alicyclic amines) is 1. The fourth-order valence-corrected chi connectivity index (χ4v) is 4.76. The van der Waals surface area contributed by atoms with Gasteiger partial charge in [-0.25, -0.2) is 4.39 Å². The number of nitrogens with zero attached hydrogens (tertiary/aromatic N) is 3. The Bertz CT molecular complexity index is 1170. The topological polar surface area (TPSA) is 46.1 Å². The number of halogens is 7. The SMILES string of the molecule is O=C(c1cc(C(F)(F)F)cc(C(F)(F)F)c1)N1CCCC(c2nnc(-c3ccccc3F)s2)C1. The highest BCUT2D eigenvalue weighted by Crippen LogP contribution is 2.38. The minimum Gasteiger partial charge on any atom is -0.338 e. The van der Waals surface area contributed by atoms with Gasteiger partial charge in [0.25, 0.3) is 5.91 Å². The van der Waals surface area contributed by atoms with E-state index in [1.54, 1.807) is 12.1 Å². The summed E-state index contributed by atoms with van der Waals surface area (Å²) in [5.74, 6) is -1.74. The number of benzene rings is 2. The fraction of sp³-hybridized carbons (Fsp3) is 0.318. The van der Waals surface area contributed by atoms with Crippen LogP contribution in [-0.4, -0.2) is 34.1 Å². The third kappa shape index (κ3) is 5.06. The van der Waals surface area contributed by atoms with Crippen molar-refractivity contribution >= 4 is 17.2 Å². The Hall–Kier alpha value is -3.02. The van der Waals surface area contributed by atoms with Crippen LogP contribution in [0.2, 0.25) is 0 Å². The molecule has 1 aliphatic rings. The molecular formula is C22H16F7N3OS. The Kier molecular flexibility index (Phi) is 6.36. The second kappa shape index (κ2) is 8.97. The van der Waals surface area contributed by atoms with Crippen molar-refractivity contribution in [3.63, 3.8) is 0 Å². The molecule has 1 unspecified atom stereocenters. The minimum atomic E-state index is -5.05. The van der Waals surface area contributed by atoms with Crippen molar-refractivity contribution in [2.45, 2.75) is 31.1 Å². The van der Waals surface area contributed by atoms with Crippen LogP contribution in [0.4, 0.5) is 30.7 Å². The van der Waals surface area contributed by atoms with Crippen LogP contribution >= 0.6 is 11.3 Å². The van der Waals surface area contributed by atoms with Crippen molar-refractivity contribution in [3.05, 3.63) is 70.0 Å². The summed E-state index contributed by atoms with van der Waals surface area (Å²) in [4.78, 5) is 14.1. The molecule has 1 amide bonds. The van der Waals surface area contributed by atoms with E-state index in [1.807, 2.05) is 0 Å². The minimum absolute atomic E-state index is 0.0126. The van der Waals surface area contributed by atoms with Crippen molar-refractivity contribution in [2.75, 3.05) is 13.1 Å². The second-order valence-corrected chi connectivity index (χ2v) is 8.82. The Morgan fingerprint density at radius 1 is 0.971 bits per heavy atom. The van der Waals surface area contributed by atoms with E-state index >= 15 is 0 Å². The summed E-state index contributed by atoms with van der Waals surface area (Å²) in [6, 6.07) is 6.85. The number of hydrogen-bond donors (Lipinski definition) is 0. The van der Waals surface area contributed by atoms with E-state index in [-0.39, 0.29) is 30.6 Å². The molecule has 180 valence electrons. The van der Waals surface area contributed by atoms with Gasteiger partial charge in [-0.2, -0.15) is 26.3 Å². The average Bonchev–Trinajstić information content (AvgIpc) is 3.27. The van der Waals surface area contributed by atoms with Gasteiger partial charge in [-0.1, -0.05) is 23.5 Å². The maximum absolute atomic E-state index is 14.0. The Balaban J connectivity index is 1.58. The van der Waals surface area contributed by atoms with Gasteiger partial charge in [-0.15, -0.1) is 10.2 Å². The van der Waals surface area contributed by atoms with E-state index in [1.165, 1.54) is 17.0 Å². The van der Waals surface area contributed by atoms with Crippen LogP contribution < -0.4 is 0 Å². The molecule has 34 heavy (non-hydrogen) atoms. The number of alkyl halides is 6. The number of carbonyl (C=O) groups excluding carboxylic acids is 1. The molecule has 1 aromatic heterocycles. The summed E-state index contributed by atoms with van der Waals surface area (Å²) in [5, 5.41) is 8.93. The molecular weight excluding hydrogens is 487 g/mol. The van der Waals surface area contributed by atoms with Crippen molar-refractivity contribution < 1.29 is 35.5 Å². The van der Waals surface area contributed by atoms with Gasteiger partial charge in [-0.05, 0) is 43.2 Å². The first-order chi connectivity index (χ1) is 15.9. The molecule has 1 saturated heterocycles. The molecule has 12 heteroatoms. The number of carbonyl (C=O) groups is 1. The standard InChI is InChI=1S/C22H16F7N3OS/c23-17-6-2-1-5-16(17)19-31-30-18(34-19)12-4-3-7-32(11-12)20(33)13-8-14(21(24,25)26)10-15(9-13)22(27,28)29/h1-2,5-6,8-10,12H,3-4,7,11H2. The lowest BCUT2D eigenvalue weighted by molar-refractivity contribution is -0.143. The molecule has 0 bridgehead atoms. The largest absolute Gasteiger partial charge is 0.416 e. The summed E-state index contributed by atoms with van der Waals surface area (Å²) in [5.41, 5.74) is -3.51. The molecule has 1 atom stereocenters. The molecule has 4 nitrogen and oxygen atoms in total. The molecule has 1 aliphatic heterocycles. The van der Waals surface area contributed by atoms with Gasteiger partial charge in [0.2, 0.25) is 0 Å². The van der Waals surface area contributed by atoms with E-state index in [0.29, 0.717) is 35.0 Å². The second-order valence-electron chi connectivity index (χ2n) is 7.81. The third-order valence-electron chi connectivity index (χ3n) is 5.44. The quantitative estimate of drug-likeness (QED) is 0.389. The molecule has 0 N–H and O–H groups in total. The van der Waals surface area contributed by atoms with Crippen molar-refractivity contribution in [1.29, 1.82) is 0 Å². The van der Waals surface area contributed by atoms with Gasteiger partial charge in [0.1, 0.15) is 10.8 Å². The van der Waals surface area contributed by atoms with E-state index in [2.05, 4.69) is 10.2 Å². The summed E-state index contributed by atoms with van der Waals surface area (Å²) < 4.78 is 93.0. The lowest BCUT2D eigenvalue weighted by atomic mass is 9.97. The van der Waals surface area contributed by atoms with Crippen LogP contribution in [0.1, 0.15) is 45.3 Å². The molecule has 4 rings (SSSR count). The smallest absolute Gasteiger partial charge is 0.338 e. The van der Waals surface area contributed by atoms with Gasteiger partial charge in [-0.3, -0.25) is 4.79 Å². The Morgan fingerprint density at radius 2 is 1.62 bits per heavy atom. The van der Waals surface area contributed by atoms with Crippen LogP contribution in [-0.2, 0) is 12.4 Å². The molecule has 3 aromatic rings. The van der Waals surface area contributed by atoms with Crippen LogP contribution in [0, 0.1) is 5.82 Å². The van der Waals surface area contributed by atoms with Crippen LogP contribution in [0.5, 0.6) is 0 Å². The van der Waals surface area contributed by atoms with Crippen LogP contribution in [0.25, 0.3) is 10.6 Å². The van der Waals surface area contributed by atoms with Crippen LogP contribution in [0.15, 0.2) is 42.5 Å². The van der Waals surface area contributed by atoms with Gasteiger partial charge >= 0.3 is 12.4 Å². The Morgan fingerprint density at radius 3 is 2.24 bits per heavy atom. The monoisotopic (exact) mass is 503 g/mol. The first kappa shape index (κ1) is 24.1. The molecule has 2 heterocycles. The number of piperidine rings is 1. The summed E-state index contributed by atoms with van der Waals surface area (Å²) in [6.45, 7) is 0.217. The molecule has 2 aromatic carbocycles. The first-order valence-electron chi connectivity index (χ1n) is 10.1. The zero-order valence-corrected chi connectivity index (χ0v) is 18.1. The highest BCUT2D eigenvalue weighted by Gasteiger charge is 2.38. The van der Waals surface area contributed by atoms with E-state index in [9.17, 15) is 35.5 Å². The molecule has 0 spiro atoms. The summed E-state index contributed by atoms with van der Waals surface area (Å²) >= 11 is 1.13. The number of aromatic nitrogens is 2. The van der Waals surface area contributed by atoms with Crippen molar-refractivity contribution in [1.82, 2.24) is 15.1 Å². The van der Waals surface area contributed by atoms with E-state index in [0.717, 1.165) is 11.3 Å². The molecule has 1 fully saturated rings. The predicted molar refractivity (Wildman–Crippen MR) is 110 cm³/mol. The summed E-state index contributed by atoms with van der Waals surface area (Å²) in [6.07, 6.45) is -9.03. The van der Waals surface area contributed by atoms with Gasteiger partial charge in [0, 0.05) is 30.1 Å². The first-order valence-corrected chi connectivity index (χ1v) is 10.9. The zero-order valence-electron chi connectivity index (χ0n) is 17.3. The average molecular weight is 503 g/mol. The van der Waals surface area contributed by atoms with Gasteiger partial charge in [0.15, 0.2) is 5.01 Å². The lowest BCUT2D eigenvalue weighted by Crippen LogP contribution is -2.39. The number of rotatable bonds is 3. The predicted octanol–water partition coefficient (Wildman–Crippen LogP) is 6.40. The van der Waals surface area contributed by atoms with Crippen LogP contribution in [0.3, 0.4) is 0 Å². The highest BCUT2D eigenvalue weighted by atomic mass is 32.1.